The maximum absolute atomic E-state index is 5.94. The second-order valence-electron chi connectivity index (χ2n) is 6.14. The van der Waals surface area contributed by atoms with Gasteiger partial charge in [0.05, 0.1) is 27.7 Å². The first kappa shape index (κ1) is 14.8. The lowest BCUT2D eigenvalue weighted by Gasteiger charge is -2.23. The molecule has 3 heteroatoms. The van der Waals surface area contributed by atoms with E-state index in [9.17, 15) is 0 Å². The summed E-state index contributed by atoms with van der Waals surface area (Å²) in [6.45, 7) is 1.25. The molecule has 0 heterocycles. The molecule has 0 aromatic heterocycles. The van der Waals surface area contributed by atoms with Gasteiger partial charge >= 0.3 is 0 Å². The quantitative estimate of drug-likeness (QED) is 0.444. The zero-order valence-corrected chi connectivity index (χ0v) is 12.1. The van der Waals surface area contributed by atoms with Crippen molar-refractivity contribution in [2.75, 3.05) is 39.2 Å². The first-order valence-electron chi connectivity index (χ1n) is 6.83. The van der Waals surface area contributed by atoms with Gasteiger partial charge in [0.15, 0.2) is 0 Å². The smallest absolute Gasteiger partial charge is 0.0780 e. The van der Waals surface area contributed by atoms with Crippen LogP contribution in [-0.4, -0.2) is 32.2 Å². The summed E-state index contributed by atoms with van der Waals surface area (Å²) in [6.07, 6.45) is 6.18. The lowest BCUT2D eigenvalue weighted by molar-refractivity contribution is -0.870. The van der Waals surface area contributed by atoms with Crippen molar-refractivity contribution in [2.24, 2.45) is 0 Å². The fraction of sp³-hybridized carbons (Fsp3) is 0.600. The summed E-state index contributed by atoms with van der Waals surface area (Å²) in [5.74, 6) is 0. The first-order valence-corrected chi connectivity index (χ1v) is 6.83. The van der Waals surface area contributed by atoms with Crippen LogP contribution in [0.5, 0.6) is 0 Å². The van der Waals surface area contributed by atoms with Gasteiger partial charge in [0.25, 0.3) is 0 Å². The molecule has 1 aromatic carbocycles. The fourth-order valence-corrected chi connectivity index (χ4v) is 2.10. The molecule has 0 unspecified atom stereocenters. The molecule has 0 spiro atoms. The Bertz CT molecular complexity index is 366. The number of nitrogens with two attached hydrogens (primary N) is 2. The summed E-state index contributed by atoms with van der Waals surface area (Å²) in [5, 5.41) is 0. The summed E-state index contributed by atoms with van der Waals surface area (Å²) in [5.41, 5.74) is 14.4. The van der Waals surface area contributed by atoms with E-state index in [4.69, 9.17) is 11.5 Å². The molecule has 0 aliphatic rings. The minimum Gasteiger partial charge on any atom is -0.399 e. The zero-order valence-electron chi connectivity index (χ0n) is 12.1. The van der Waals surface area contributed by atoms with Gasteiger partial charge in [-0.05, 0) is 43.4 Å². The predicted octanol–water partition coefficient (Wildman–Crippen LogP) is 2.66. The summed E-state index contributed by atoms with van der Waals surface area (Å²) in [6, 6.07) is 5.84. The normalized spacial score (nSPS) is 11.7. The zero-order chi connectivity index (χ0) is 13.6. The third-order valence-electron chi connectivity index (χ3n) is 3.19. The van der Waals surface area contributed by atoms with E-state index in [0.717, 1.165) is 22.3 Å². The molecule has 0 fully saturated rings. The molecule has 0 aliphatic heterocycles. The van der Waals surface area contributed by atoms with Crippen LogP contribution in [0.25, 0.3) is 0 Å². The number of anilines is 2. The Morgan fingerprint density at radius 3 is 2.22 bits per heavy atom. The third-order valence-corrected chi connectivity index (χ3v) is 3.19. The van der Waals surface area contributed by atoms with Crippen LogP contribution in [-0.2, 0) is 6.42 Å². The molecule has 4 N–H and O–H groups in total. The number of unbranched alkanes of at least 4 members (excludes halogenated alkanes) is 3. The number of nitrogens with zero attached hydrogens (tertiary/aromatic N) is 1. The lowest BCUT2D eigenvalue weighted by Crippen LogP contribution is -2.35. The Morgan fingerprint density at radius 2 is 1.61 bits per heavy atom. The first-order chi connectivity index (χ1) is 8.38. The van der Waals surface area contributed by atoms with Crippen molar-refractivity contribution in [3.05, 3.63) is 23.8 Å². The maximum Gasteiger partial charge on any atom is 0.0780 e. The minimum absolute atomic E-state index is 0.749. The molecule has 0 atom stereocenters. The van der Waals surface area contributed by atoms with Crippen LogP contribution in [0.3, 0.4) is 0 Å². The third kappa shape index (κ3) is 5.92. The highest BCUT2D eigenvalue weighted by Crippen LogP contribution is 2.18. The maximum atomic E-state index is 5.94. The predicted molar refractivity (Wildman–Crippen MR) is 80.3 cm³/mol. The molecule has 0 aliphatic carbocycles. The van der Waals surface area contributed by atoms with Gasteiger partial charge < -0.3 is 16.0 Å². The van der Waals surface area contributed by atoms with Crippen LogP contribution < -0.4 is 11.5 Å². The summed E-state index contributed by atoms with van der Waals surface area (Å²) in [7, 11) is 6.74. The summed E-state index contributed by atoms with van der Waals surface area (Å²) in [4.78, 5) is 0. The van der Waals surface area contributed by atoms with Gasteiger partial charge in [-0.2, -0.15) is 0 Å². The van der Waals surface area contributed by atoms with Crippen LogP contribution in [0, 0.1) is 0 Å². The van der Waals surface area contributed by atoms with Crippen molar-refractivity contribution < 1.29 is 4.48 Å². The summed E-state index contributed by atoms with van der Waals surface area (Å²) < 4.78 is 1.06. The molecule has 3 nitrogen and oxygen atoms in total. The van der Waals surface area contributed by atoms with Crippen molar-refractivity contribution in [3.63, 3.8) is 0 Å². The lowest BCUT2D eigenvalue weighted by atomic mass is 10.0. The molecule has 0 saturated heterocycles. The summed E-state index contributed by atoms with van der Waals surface area (Å²) >= 11 is 0. The molecule has 1 rings (SSSR count). The Hall–Kier alpha value is -1.22. The number of rotatable bonds is 7. The highest BCUT2D eigenvalue weighted by Gasteiger charge is 2.05. The number of quaternary nitrogens is 1. The fourth-order valence-electron chi connectivity index (χ4n) is 2.10. The van der Waals surface area contributed by atoms with E-state index in [1.165, 1.54) is 37.8 Å². The van der Waals surface area contributed by atoms with Crippen LogP contribution >= 0.6 is 0 Å². The van der Waals surface area contributed by atoms with Crippen LogP contribution in [0.15, 0.2) is 18.2 Å². The number of aryl methyl sites for hydroxylation is 1. The SMILES string of the molecule is C[N+](C)(C)CCCCCCc1ccc(N)cc1N. The van der Waals surface area contributed by atoms with Crippen molar-refractivity contribution in [2.45, 2.75) is 32.1 Å². The monoisotopic (exact) mass is 250 g/mol. The van der Waals surface area contributed by atoms with Gasteiger partial charge in [0.1, 0.15) is 0 Å². The topological polar surface area (TPSA) is 52.0 Å². The van der Waals surface area contributed by atoms with E-state index in [1.54, 1.807) is 0 Å². The second-order valence-corrected chi connectivity index (χ2v) is 6.14. The van der Waals surface area contributed by atoms with Gasteiger partial charge in [-0.15, -0.1) is 0 Å². The standard InChI is InChI=1S/C15H28N3/c1-18(2,3)11-7-5-4-6-8-13-9-10-14(16)12-15(13)17/h9-10,12H,4-8,11,16-17H2,1-3H3/q+1. The van der Waals surface area contributed by atoms with Crippen LogP contribution in [0.2, 0.25) is 0 Å². The molecule has 102 valence electrons. The van der Waals surface area contributed by atoms with E-state index in [0.29, 0.717) is 0 Å². The van der Waals surface area contributed by atoms with E-state index in [2.05, 4.69) is 27.2 Å². The van der Waals surface area contributed by atoms with Crippen molar-refractivity contribution in [3.8, 4) is 0 Å². The molecule has 0 amide bonds. The minimum atomic E-state index is 0.749. The van der Waals surface area contributed by atoms with Crippen LogP contribution in [0.4, 0.5) is 11.4 Å². The van der Waals surface area contributed by atoms with Crippen molar-refractivity contribution in [1.82, 2.24) is 0 Å². The Morgan fingerprint density at radius 1 is 0.944 bits per heavy atom. The molecular weight excluding hydrogens is 222 g/mol. The van der Waals surface area contributed by atoms with Gasteiger partial charge in [-0.3, -0.25) is 0 Å². The Balaban J connectivity index is 2.18. The van der Waals surface area contributed by atoms with Crippen molar-refractivity contribution >= 4 is 11.4 Å². The van der Waals surface area contributed by atoms with E-state index in [-0.39, 0.29) is 0 Å². The van der Waals surface area contributed by atoms with Gasteiger partial charge in [0, 0.05) is 11.4 Å². The van der Waals surface area contributed by atoms with E-state index >= 15 is 0 Å². The number of hydrogen-bond donors (Lipinski definition) is 2. The van der Waals surface area contributed by atoms with Gasteiger partial charge in [0.2, 0.25) is 0 Å². The Kier molecular flexibility index (Phi) is 5.48. The van der Waals surface area contributed by atoms with Gasteiger partial charge in [-0.1, -0.05) is 12.5 Å². The molecule has 0 radical (unpaired) electrons. The number of benzene rings is 1. The Labute approximate surface area is 111 Å². The number of nitrogen functional groups attached to an aromatic ring is 2. The average Bonchev–Trinajstić information content (AvgIpc) is 2.24. The molecular formula is C15H28N3+. The highest BCUT2D eigenvalue weighted by atomic mass is 15.3. The molecule has 18 heavy (non-hydrogen) atoms. The largest absolute Gasteiger partial charge is 0.399 e. The van der Waals surface area contributed by atoms with E-state index in [1.807, 2.05) is 12.1 Å². The van der Waals surface area contributed by atoms with Crippen LogP contribution in [0.1, 0.15) is 31.2 Å². The van der Waals surface area contributed by atoms with Crippen molar-refractivity contribution in [1.29, 1.82) is 0 Å². The molecule has 0 saturated carbocycles. The highest BCUT2D eigenvalue weighted by molar-refractivity contribution is 5.56. The number of hydrogen-bond acceptors (Lipinski definition) is 2. The van der Waals surface area contributed by atoms with E-state index < -0.39 is 0 Å². The molecule has 1 aromatic rings. The average molecular weight is 250 g/mol. The molecule has 0 bridgehead atoms. The second kappa shape index (κ2) is 6.64. The van der Waals surface area contributed by atoms with Gasteiger partial charge in [-0.25, -0.2) is 0 Å².